The number of aromatic nitrogens is 1. The molecule has 1 saturated heterocycles. The number of aromatic hydroxyl groups is 1. The molecule has 1 fully saturated rings. The quantitative estimate of drug-likeness (QED) is 0.152. The summed E-state index contributed by atoms with van der Waals surface area (Å²) in [5, 5.41) is 17.8. The average molecular weight is 624 g/mol. The van der Waals surface area contributed by atoms with E-state index in [1.807, 2.05) is 13.8 Å². The van der Waals surface area contributed by atoms with Crippen LogP contribution in [0.2, 0.25) is 0 Å². The van der Waals surface area contributed by atoms with Crippen molar-refractivity contribution in [3.05, 3.63) is 27.7 Å². The summed E-state index contributed by atoms with van der Waals surface area (Å²) in [5.74, 6) is -1.88. The van der Waals surface area contributed by atoms with Gasteiger partial charge in [-0.25, -0.2) is 0 Å². The van der Waals surface area contributed by atoms with E-state index in [4.69, 9.17) is 11.6 Å². The van der Waals surface area contributed by atoms with Crippen LogP contribution in [-0.2, 0) is 44.0 Å². The number of hydrogen-bond acceptors (Lipinski definition) is 7. The van der Waals surface area contributed by atoms with Crippen molar-refractivity contribution < 1.29 is 29.1 Å². The lowest BCUT2D eigenvalue weighted by molar-refractivity contribution is -0.138. The van der Waals surface area contributed by atoms with Gasteiger partial charge in [0.1, 0.15) is 5.38 Å². The fourth-order valence-corrected chi connectivity index (χ4v) is 5.21. The zero-order valence-corrected chi connectivity index (χ0v) is 26.6. The first kappa shape index (κ1) is 35.8. The second-order valence-electron chi connectivity index (χ2n) is 11.4. The number of nitrogens with one attached hydrogen (secondary N) is 3. The molecule has 1 aliphatic heterocycles. The molecule has 13 heteroatoms. The zero-order chi connectivity index (χ0) is 32.3. The highest BCUT2D eigenvalue weighted by Gasteiger charge is 2.37. The number of pyridine rings is 1. The molecule has 4 N–H and O–H groups in total. The molecule has 12 nitrogen and oxygen atoms in total. The van der Waals surface area contributed by atoms with Crippen LogP contribution in [-0.4, -0.2) is 69.1 Å². The number of imide groups is 1. The van der Waals surface area contributed by atoms with Crippen LogP contribution < -0.4 is 21.4 Å². The molecule has 0 bridgehead atoms. The number of amides is 5. The number of nitrogens with zero attached hydrogens (tertiary/aromatic N) is 2. The lowest BCUT2D eigenvalue weighted by Crippen LogP contribution is -2.41. The average Bonchev–Trinajstić information content (AvgIpc) is 3.22. The monoisotopic (exact) mass is 623 g/mol. The summed E-state index contributed by atoms with van der Waals surface area (Å²) in [7, 11) is 1.77. The standard InChI is InChI=1S/C30H46ClN5O7/c1-6-19(4)13-20-14-23(37)28(42)22(35(20)5)17-33-26(40)16-30(7-2,8-3)18-34-24(38)9-11-32-25(39)10-12-36-27(41)15-21(31)29(36)43/h14,19,21,42H,6-13,15-18H2,1-5H3,(H,32,39)(H,33,40)(H,34,38). The number of halogens is 1. The Labute approximate surface area is 257 Å². The predicted octanol–water partition coefficient (Wildman–Crippen LogP) is 1.87. The summed E-state index contributed by atoms with van der Waals surface area (Å²) < 4.78 is 1.76. The smallest absolute Gasteiger partial charge is 0.247 e. The second kappa shape index (κ2) is 16.4. The van der Waals surface area contributed by atoms with E-state index in [9.17, 15) is 33.9 Å². The molecular formula is C30H46ClN5O7. The molecule has 0 aliphatic carbocycles. The highest BCUT2D eigenvalue weighted by molar-refractivity contribution is 6.35. The third-order valence-corrected chi connectivity index (χ3v) is 8.81. The Balaban J connectivity index is 1.84. The van der Waals surface area contributed by atoms with Gasteiger partial charge in [-0.1, -0.05) is 34.1 Å². The predicted molar refractivity (Wildman–Crippen MR) is 162 cm³/mol. The Bertz CT molecular complexity index is 1240. The number of carbonyl (C=O) groups excluding carboxylic acids is 5. The van der Waals surface area contributed by atoms with Gasteiger partial charge in [0.2, 0.25) is 35.0 Å². The third-order valence-electron chi connectivity index (χ3n) is 8.47. The molecule has 1 aromatic rings. The van der Waals surface area contributed by atoms with Gasteiger partial charge in [-0.2, -0.15) is 0 Å². The summed E-state index contributed by atoms with van der Waals surface area (Å²) >= 11 is 5.78. The van der Waals surface area contributed by atoms with Crippen molar-refractivity contribution in [1.82, 2.24) is 25.4 Å². The summed E-state index contributed by atoms with van der Waals surface area (Å²) in [5.41, 5.74) is 0.148. The Kier molecular flexibility index (Phi) is 13.7. The zero-order valence-electron chi connectivity index (χ0n) is 25.9. The molecule has 43 heavy (non-hydrogen) atoms. The summed E-state index contributed by atoms with van der Waals surface area (Å²) in [4.78, 5) is 74.5. The SMILES string of the molecule is CCC(C)Cc1cc(=O)c(O)c(CNC(=O)CC(CC)(CC)CNC(=O)CCNC(=O)CCN2C(=O)CC(Cl)C2=O)n1C. The van der Waals surface area contributed by atoms with Gasteiger partial charge in [-0.3, -0.25) is 33.7 Å². The van der Waals surface area contributed by atoms with E-state index in [1.54, 1.807) is 11.6 Å². The van der Waals surface area contributed by atoms with Crippen molar-refractivity contribution in [3.63, 3.8) is 0 Å². The highest BCUT2D eigenvalue weighted by atomic mass is 35.5. The van der Waals surface area contributed by atoms with E-state index in [-0.39, 0.29) is 69.4 Å². The van der Waals surface area contributed by atoms with Crippen LogP contribution in [0.4, 0.5) is 0 Å². The van der Waals surface area contributed by atoms with Crippen molar-refractivity contribution >= 4 is 41.1 Å². The largest absolute Gasteiger partial charge is 0.503 e. The van der Waals surface area contributed by atoms with E-state index in [0.717, 1.165) is 17.0 Å². The summed E-state index contributed by atoms with van der Waals surface area (Å²) in [6, 6.07) is 1.44. The van der Waals surface area contributed by atoms with Crippen molar-refractivity contribution in [2.24, 2.45) is 18.4 Å². The van der Waals surface area contributed by atoms with E-state index in [1.165, 1.54) is 6.07 Å². The third kappa shape index (κ3) is 10.1. The molecule has 0 saturated carbocycles. The molecule has 2 unspecified atom stereocenters. The minimum atomic E-state index is -0.885. The molecule has 0 aromatic carbocycles. The lowest BCUT2D eigenvalue weighted by Gasteiger charge is -2.31. The van der Waals surface area contributed by atoms with Gasteiger partial charge < -0.3 is 25.6 Å². The number of rotatable bonds is 17. The van der Waals surface area contributed by atoms with Crippen LogP contribution in [0.25, 0.3) is 0 Å². The first-order chi connectivity index (χ1) is 20.3. The molecule has 0 spiro atoms. The van der Waals surface area contributed by atoms with E-state index < -0.39 is 33.9 Å². The lowest BCUT2D eigenvalue weighted by atomic mass is 9.78. The van der Waals surface area contributed by atoms with Gasteiger partial charge in [-0.15, -0.1) is 11.6 Å². The van der Waals surface area contributed by atoms with Crippen LogP contribution in [0.1, 0.15) is 84.0 Å². The van der Waals surface area contributed by atoms with Gasteiger partial charge in [0, 0.05) is 57.7 Å². The minimum Gasteiger partial charge on any atom is -0.503 e. The molecule has 1 aromatic heterocycles. The summed E-state index contributed by atoms with van der Waals surface area (Å²) in [6.07, 6.45) is 2.87. The first-order valence-corrected chi connectivity index (χ1v) is 15.4. The highest BCUT2D eigenvalue weighted by Crippen LogP contribution is 2.30. The van der Waals surface area contributed by atoms with Gasteiger partial charge in [0.05, 0.1) is 18.7 Å². The van der Waals surface area contributed by atoms with E-state index in [2.05, 4.69) is 29.8 Å². The normalized spacial score (nSPS) is 15.9. The molecule has 2 heterocycles. The van der Waals surface area contributed by atoms with Crippen LogP contribution in [0.5, 0.6) is 5.75 Å². The Morgan fingerprint density at radius 2 is 1.70 bits per heavy atom. The molecule has 2 atom stereocenters. The van der Waals surface area contributed by atoms with Crippen LogP contribution >= 0.6 is 11.6 Å². The van der Waals surface area contributed by atoms with Gasteiger partial charge in [0.15, 0.2) is 5.75 Å². The second-order valence-corrected chi connectivity index (χ2v) is 11.9. The molecule has 5 amide bonds. The Morgan fingerprint density at radius 3 is 2.28 bits per heavy atom. The van der Waals surface area contributed by atoms with Crippen molar-refractivity contribution in [3.8, 4) is 5.75 Å². The number of hydrogen-bond donors (Lipinski definition) is 4. The maximum absolute atomic E-state index is 13.0. The Hall–Kier alpha value is -3.41. The van der Waals surface area contributed by atoms with Gasteiger partial charge >= 0.3 is 0 Å². The van der Waals surface area contributed by atoms with Crippen LogP contribution in [0, 0.1) is 11.3 Å². The van der Waals surface area contributed by atoms with Gasteiger partial charge in [0.25, 0.3) is 0 Å². The first-order valence-electron chi connectivity index (χ1n) is 15.0. The van der Waals surface area contributed by atoms with Crippen LogP contribution in [0.15, 0.2) is 10.9 Å². The molecule has 240 valence electrons. The maximum atomic E-state index is 13.0. The molecule has 0 radical (unpaired) electrons. The van der Waals surface area contributed by atoms with E-state index >= 15 is 0 Å². The van der Waals surface area contributed by atoms with E-state index in [0.29, 0.717) is 30.9 Å². The molecular weight excluding hydrogens is 578 g/mol. The minimum absolute atomic E-state index is 0.00709. The fourth-order valence-electron chi connectivity index (χ4n) is 4.96. The van der Waals surface area contributed by atoms with Crippen molar-refractivity contribution in [2.45, 2.75) is 91.0 Å². The number of alkyl halides is 1. The fraction of sp³-hybridized carbons (Fsp3) is 0.667. The van der Waals surface area contributed by atoms with Gasteiger partial charge in [-0.05, 0) is 30.6 Å². The number of likely N-dealkylation sites (tertiary alicyclic amines) is 1. The Morgan fingerprint density at radius 1 is 1.05 bits per heavy atom. The van der Waals surface area contributed by atoms with Crippen LogP contribution in [0.3, 0.4) is 0 Å². The molecule has 1 aliphatic rings. The molecule has 2 rings (SSSR count). The number of carbonyl (C=O) groups is 5. The topological polar surface area (TPSA) is 167 Å². The maximum Gasteiger partial charge on any atom is 0.247 e. The van der Waals surface area contributed by atoms with Crippen molar-refractivity contribution in [1.29, 1.82) is 0 Å². The summed E-state index contributed by atoms with van der Waals surface area (Å²) in [6.45, 7) is 8.32. The van der Waals surface area contributed by atoms with Crippen molar-refractivity contribution in [2.75, 3.05) is 19.6 Å².